The van der Waals surface area contributed by atoms with Crippen LogP contribution >= 0.6 is 7.87 Å². The Bertz CT molecular complexity index is 3260. The highest BCUT2D eigenvalue weighted by Gasteiger charge is 2.79. The summed E-state index contributed by atoms with van der Waals surface area (Å²) in [6.45, 7) is 65.1. The van der Waals surface area contributed by atoms with Crippen molar-refractivity contribution >= 4 is 114 Å². The first-order chi connectivity index (χ1) is 43.1. The molecule has 4 atom stereocenters. The summed E-state index contributed by atoms with van der Waals surface area (Å²) in [5.74, 6) is 0. The van der Waals surface area contributed by atoms with Crippen LogP contribution in [0.15, 0.2) is 194 Å². The van der Waals surface area contributed by atoms with Crippen LogP contribution in [0.5, 0.6) is 0 Å². The van der Waals surface area contributed by atoms with Gasteiger partial charge in [0.1, 0.15) is 0 Å². The minimum Gasteiger partial charge on any atom is -0.119 e. The van der Waals surface area contributed by atoms with Gasteiger partial charge < -0.3 is 0 Å². The summed E-state index contributed by atoms with van der Waals surface area (Å²) in [6.07, 6.45) is 0. The van der Waals surface area contributed by atoms with Crippen molar-refractivity contribution in [1.29, 1.82) is 0 Å². The van der Waals surface area contributed by atoms with Crippen LogP contribution in [0.1, 0.15) is 68.7 Å². The van der Waals surface area contributed by atoms with E-state index in [1.54, 1.807) is 41.5 Å². The minimum atomic E-state index is -3.21. The van der Waals surface area contributed by atoms with Crippen LogP contribution in [0, 0.1) is 0 Å². The fraction of sp³-hybridized carbons (Fsp3) is 0.400. The number of hydrogen-bond donors (Lipinski definition) is 0. The standard InChI is InChI=1S/C80H116N4PSi8/c1-86(2,3)69-45-61(46-70(53-69)87(4,5)6)57-81-77(65-37-29-25-30-38-65)78(66-39-31-26-32-40-66)82(58-62-47-71(88(7,8)9)54-72(48-62)89(10,11)12)85(81)83(59-63-49-73(90(13,14)15)55-74(50-63)91(16,17)18)79(67-41-33-27-34-42-67)80(68-43-35-28-36-44-68)84(85)60-64-51-75(92(19,20)21)56-76(52-64)93(22,23)24/h25-56,77-80H,57-60H2,1-24H3/q+1/t77-,78-,79-,80-/m1/s1. The molecule has 8 aromatic carbocycles. The Morgan fingerprint density at radius 2 is 0.355 bits per heavy atom. The normalized spacial score (nSPS) is 19.3. The van der Waals surface area contributed by atoms with E-state index < -0.39 is 72.5 Å². The topological polar surface area (TPSA) is 13.0 Å². The Hall–Kier alpha value is -4.23. The van der Waals surface area contributed by atoms with Gasteiger partial charge in [0.05, 0.1) is 115 Å². The van der Waals surface area contributed by atoms with Gasteiger partial charge in [0.15, 0.2) is 0 Å². The lowest BCUT2D eigenvalue weighted by atomic mass is 9.92. The van der Waals surface area contributed by atoms with Crippen LogP contribution in [-0.4, -0.2) is 83.3 Å². The van der Waals surface area contributed by atoms with E-state index in [1.807, 2.05) is 0 Å². The summed E-state index contributed by atoms with van der Waals surface area (Å²) >= 11 is 0. The summed E-state index contributed by atoms with van der Waals surface area (Å²) in [5, 5.41) is 12.6. The molecule has 0 radical (unpaired) electrons. The zero-order chi connectivity index (χ0) is 67.8. The SMILES string of the molecule is C[Si](C)(C)c1cc(CN2[C@H](c3ccccc3)[C@@H](c3ccccc3)N(Cc3cc([Si](C)(C)C)cc([Si](C)(C)C)c3)[P+]23N(Cc2cc([Si](C)(C)C)cc([Si](C)(C)C)c2)[C@H](c2ccccc2)[C@@H](c2ccccc2)N3Cc2cc([Si](C)(C)C)cc([Si](C)(C)C)c2)cc([Si](C)(C)C)c1. The van der Waals surface area contributed by atoms with Gasteiger partial charge in [-0.05, 0) is 44.5 Å². The van der Waals surface area contributed by atoms with E-state index in [0.717, 1.165) is 26.2 Å². The fourth-order valence-electron chi connectivity index (χ4n) is 14.3. The van der Waals surface area contributed by atoms with Crippen molar-refractivity contribution < 1.29 is 0 Å². The second kappa shape index (κ2) is 26.5. The van der Waals surface area contributed by atoms with E-state index in [2.05, 4.69) is 370 Å². The van der Waals surface area contributed by atoms with E-state index in [-0.39, 0.29) is 24.2 Å². The average Bonchev–Trinajstić information content (AvgIpc) is 1.51. The van der Waals surface area contributed by atoms with Crippen LogP contribution in [0.3, 0.4) is 0 Å². The highest BCUT2D eigenvalue weighted by Crippen LogP contribution is 2.88. The molecule has 492 valence electrons. The third-order valence-corrected chi connectivity index (χ3v) is 40.6. The summed E-state index contributed by atoms with van der Waals surface area (Å²) < 4.78 is 13.1. The van der Waals surface area contributed by atoms with Crippen molar-refractivity contribution in [3.63, 3.8) is 0 Å². The Balaban J connectivity index is 1.48. The summed E-state index contributed by atoms with van der Waals surface area (Å²) in [5.41, 5.74) is 11.4. The quantitative estimate of drug-likeness (QED) is 0.0557. The zero-order valence-electron chi connectivity index (χ0n) is 61.8. The molecular weight excluding hydrogens is 1270 g/mol. The molecule has 8 aromatic rings. The molecule has 0 saturated carbocycles. The molecule has 1 spiro atoms. The maximum absolute atomic E-state index is 3.27. The molecule has 0 bridgehead atoms. The highest BCUT2D eigenvalue weighted by atomic mass is 31.2. The Morgan fingerprint density at radius 1 is 0.215 bits per heavy atom. The molecule has 0 amide bonds. The molecule has 0 aromatic heterocycles. The van der Waals surface area contributed by atoms with Crippen molar-refractivity contribution in [2.24, 2.45) is 0 Å². The summed E-state index contributed by atoms with van der Waals surface area (Å²) in [6, 6.07) is 80.1. The molecule has 2 saturated heterocycles. The van der Waals surface area contributed by atoms with E-state index >= 15 is 0 Å². The van der Waals surface area contributed by atoms with Gasteiger partial charge in [0, 0.05) is 0 Å². The monoisotopic (exact) mass is 1390 g/mol. The van der Waals surface area contributed by atoms with E-state index in [9.17, 15) is 0 Å². The molecular formula is C80H116N4PSi8+. The molecule has 13 heteroatoms. The average molecular weight is 1390 g/mol. The molecule has 0 unspecified atom stereocenters. The number of benzene rings is 8. The molecule has 2 aliphatic heterocycles. The van der Waals surface area contributed by atoms with Crippen molar-refractivity contribution in [2.45, 2.75) is 207 Å². The van der Waals surface area contributed by atoms with Crippen LogP contribution in [0.4, 0.5) is 0 Å². The minimum absolute atomic E-state index is 0.0443. The molecule has 2 fully saturated rings. The third kappa shape index (κ3) is 15.5. The van der Waals surface area contributed by atoms with Gasteiger partial charge in [0.25, 0.3) is 0 Å². The fourth-order valence-corrected chi connectivity index (χ4v) is 30.1. The second-order valence-corrected chi connectivity index (χ2v) is 79.8. The maximum atomic E-state index is 3.27. The zero-order valence-corrected chi connectivity index (χ0v) is 70.7. The molecule has 2 aliphatic rings. The van der Waals surface area contributed by atoms with E-state index in [4.69, 9.17) is 0 Å². The van der Waals surface area contributed by atoms with Gasteiger partial charge in [-0.2, -0.15) is 0 Å². The first kappa shape index (κ1) is 71.5. The molecule has 10 rings (SSSR count). The summed E-state index contributed by atoms with van der Waals surface area (Å²) in [7, 11) is -18.0. The summed E-state index contributed by atoms with van der Waals surface area (Å²) in [4.78, 5) is 0. The van der Waals surface area contributed by atoms with E-state index in [0.29, 0.717) is 0 Å². The number of rotatable bonds is 20. The highest BCUT2D eigenvalue weighted by molar-refractivity contribution is 7.67. The molecule has 0 N–H and O–H groups in total. The van der Waals surface area contributed by atoms with Crippen molar-refractivity contribution in [3.05, 3.63) is 239 Å². The van der Waals surface area contributed by atoms with Gasteiger partial charge in [-0.15, -0.1) is 18.7 Å². The first-order valence-electron chi connectivity index (χ1n) is 34.9. The van der Waals surface area contributed by atoms with Crippen LogP contribution in [0.25, 0.3) is 0 Å². The lowest BCUT2D eigenvalue weighted by Gasteiger charge is -2.44. The molecule has 93 heavy (non-hydrogen) atoms. The maximum Gasteiger partial charge on any atom is 0.312 e. The number of hydrogen-bond acceptors (Lipinski definition) is 4. The van der Waals surface area contributed by atoms with Gasteiger partial charge in [-0.3, -0.25) is 0 Å². The Kier molecular flexibility index (Phi) is 20.4. The number of nitrogens with zero attached hydrogens (tertiary/aromatic N) is 4. The Morgan fingerprint density at radius 3 is 0.484 bits per heavy atom. The van der Waals surface area contributed by atoms with Crippen molar-refractivity contribution in [2.75, 3.05) is 0 Å². The van der Waals surface area contributed by atoms with Crippen LogP contribution < -0.4 is 41.5 Å². The molecule has 2 heterocycles. The molecule has 4 nitrogen and oxygen atoms in total. The van der Waals surface area contributed by atoms with Crippen molar-refractivity contribution in [1.82, 2.24) is 18.7 Å². The van der Waals surface area contributed by atoms with E-state index in [1.165, 1.54) is 44.5 Å². The Labute approximate surface area is 574 Å². The lowest BCUT2D eigenvalue weighted by molar-refractivity contribution is 0.263. The van der Waals surface area contributed by atoms with Gasteiger partial charge in [-0.1, -0.05) is 393 Å². The second-order valence-electron chi connectivity index (χ2n) is 36.0. The third-order valence-electron chi connectivity index (χ3n) is 20.1. The van der Waals surface area contributed by atoms with Gasteiger partial charge in [0.2, 0.25) is 0 Å². The molecule has 0 aliphatic carbocycles. The van der Waals surface area contributed by atoms with Crippen molar-refractivity contribution in [3.8, 4) is 0 Å². The largest absolute Gasteiger partial charge is 0.312 e. The van der Waals surface area contributed by atoms with Gasteiger partial charge in [-0.25, -0.2) is 0 Å². The van der Waals surface area contributed by atoms with Crippen LogP contribution in [-0.2, 0) is 26.2 Å². The predicted octanol–water partition coefficient (Wildman–Crippen LogP) is 18.0. The predicted molar refractivity (Wildman–Crippen MR) is 435 cm³/mol. The first-order valence-corrected chi connectivity index (χ1v) is 64.5. The lowest BCUT2D eigenvalue weighted by Crippen LogP contribution is -2.47. The van der Waals surface area contributed by atoms with Gasteiger partial charge >= 0.3 is 7.87 Å². The smallest absolute Gasteiger partial charge is 0.119 e. The van der Waals surface area contributed by atoms with Crippen LogP contribution in [0.2, 0.25) is 157 Å².